The molecule has 1 saturated carbocycles. The highest BCUT2D eigenvalue weighted by atomic mass is 32.2. The second-order valence-corrected chi connectivity index (χ2v) is 5.38. The first-order chi connectivity index (χ1) is 7.26. The number of hydrogen-bond donors (Lipinski definition) is 1. The Balaban J connectivity index is 1.81. The highest BCUT2D eigenvalue weighted by Crippen LogP contribution is 2.39. The van der Waals surface area contributed by atoms with E-state index in [1.165, 1.54) is 0 Å². The zero-order valence-electron chi connectivity index (χ0n) is 9.28. The van der Waals surface area contributed by atoms with Crippen molar-refractivity contribution in [3.8, 4) is 0 Å². The predicted molar refractivity (Wildman–Crippen MR) is 61.0 cm³/mol. The van der Waals surface area contributed by atoms with Gasteiger partial charge < -0.3 is 14.6 Å². The van der Waals surface area contributed by atoms with E-state index >= 15 is 0 Å². The summed E-state index contributed by atoms with van der Waals surface area (Å²) in [7, 11) is 0. The molecule has 1 N–H and O–H groups in total. The minimum Gasteiger partial charge on any atom is -0.392 e. The van der Waals surface area contributed by atoms with Crippen LogP contribution in [0.1, 0.15) is 25.7 Å². The first-order valence-corrected chi connectivity index (χ1v) is 7.10. The molecule has 15 heavy (non-hydrogen) atoms. The van der Waals surface area contributed by atoms with Gasteiger partial charge in [-0.3, -0.25) is 0 Å². The Kier molecular flexibility index (Phi) is 3.93. The van der Waals surface area contributed by atoms with Crippen LogP contribution in [0.5, 0.6) is 0 Å². The summed E-state index contributed by atoms with van der Waals surface area (Å²) in [6.07, 6.45) is 5.84. The molecule has 1 aliphatic carbocycles. The summed E-state index contributed by atoms with van der Waals surface area (Å²) in [6, 6.07) is 0. The van der Waals surface area contributed by atoms with E-state index in [0.29, 0.717) is 5.92 Å². The lowest BCUT2D eigenvalue weighted by Crippen LogP contribution is -2.38. The molecule has 4 heteroatoms. The maximum Gasteiger partial charge on any atom is 0.168 e. The van der Waals surface area contributed by atoms with E-state index in [-0.39, 0.29) is 11.9 Å². The fraction of sp³-hybridized carbons (Fsp3) is 1.00. The van der Waals surface area contributed by atoms with Gasteiger partial charge in [-0.1, -0.05) is 0 Å². The summed E-state index contributed by atoms with van der Waals surface area (Å²) in [6.45, 7) is 1.47. The van der Waals surface area contributed by atoms with E-state index in [1.807, 2.05) is 6.26 Å². The second kappa shape index (κ2) is 5.04. The van der Waals surface area contributed by atoms with Crippen molar-refractivity contribution >= 4 is 11.8 Å². The Morgan fingerprint density at radius 1 is 1.33 bits per heavy atom. The quantitative estimate of drug-likeness (QED) is 0.803. The standard InChI is InChI=1S/C11H20O3S/c1-15-8-10(12)9-2-4-11(5-3-9)13-6-7-14-11/h9-10,12H,2-8H2,1H3. The van der Waals surface area contributed by atoms with Crippen molar-refractivity contribution in [2.45, 2.75) is 37.6 Å². The molecule has 1 atom stereocenters. The molecule has 1 saturated heterocycles. The average molecular weight is 232 g/mol. The van der Waals surface area contributed by atoms with Gasteiger partial charge in [0.15, 0.2) is 5.79 Å². The van der Waals surface area contributed by atoms with Crippen molar-refractivity contribution in [2.24, 2.45) is 5.92 Å². The molecule has 0 amide bonds. The fourth-order valence-electron chi connectivity index (χ4n) is 2.56. The molecule has 1 unspecified atom stereocenters. The average Bonchev–Trinajstić information content (AvgIpc) is 2.68. The van der Waals surface area contributed by atoms with Crippen LogP contribution in [0.2, 0.25) is 0 Å². The number of rotatable bonds is 3. The molecule has 3 nitrogen and oxygen atoms in total. The normalized spacial score (nSPS) is 28.4. The van der Waals surface area contributed by atoms with Crippen molar-refractivity contribution in [1.82, 2.24) is 0 Å². The summed E-state index contributed by atoms with van der Waals surface area (Å²) in [5, 5.41) is 9.90. The number of ether oxygens (including phenoxy) is 2. The van der Waals surface area contributed by atoms with Crippen molar-refractivity contribution in [3.63, 3.8) is 0 Å². The molecule has 1 aliphatic heterocycles. The number of thioether (sulfide) groups is 1. The minimum atomic E-state index is -0.282. The fourth-order valence-corrected chi connectivity index (χ4v) is 3.17. The Morgan fingerprint density at radius 3 is 2.47 bits per heavy atom. The molecule has 0 aromatic carbocycles. The summed E-state index contributed by atoms with van der Waals surface area (Å²) < 4.78 is 11.3. The molecule has 2 rings (SSSR count). The third kappa shape index (κ3) is 2.67. The van der Waals surface area contributed by atoms with Gasteiger partial charge in [0.25, 0.3) is 0 Å². The number of aliphatic hydroxyl groups is 1. The first kappa shape index (κ1) is 11.7. The van der Waals surface area contributed by atoms with Crippen molar-refractivity contribution in [3.05, 3.63) is 0 Å². The maximum absolute atomic E-state index is 9.90. The summed E-state index contributed by atoms with van der Waals surface area (Å²) >= 11 is 1.71. The van der Waals surface area contributed by atoms with Crippen molar-refractivity contribution < 1.29 is 14.6 Å². The van der Waals surface area contributed by atoms with Gasteiger partial charge in [0.2, 0.25) is 0 Å². The largest absolute Gasteiger partial charge is 0.392 e. The highest BCUT2D eigenvalue weighted by Gasteiger charge is 2.41. The van der Waals surface area contributed by atoms with Gasteiger partial charge in [0.05, 0.1) is 19.3 Å². The predicted octanol–water partition coefficient (Wildman–Crippen LogP) is 1.64. The van der Waals surface area contributed by atoms with E-state index in [0.717, 1.165) is 44.6 Å². The van der Waals surface area contributed by atoms with Gasteiger partial charge in [-0.15, -0.1) is 0 Å². The van der Waals surface area contributed by atoms with Crippen molar-refractivity contribution in [2.75, 3.05) is 25.2 Å². The smallest absolute Gasteiger partial charge is 0.168 e. The minimum absolute atomic E-state index is 0.154. The Morgan fingerprint density at radius 2 is 1.93 bits per heavy atom. The zero-order valence-corrected chi connectivity index (χ0v) is 10.1. The molecule has 0 radical (unpaired) electrons. The topological polar surface area (TPSA) is 38.7 Å². The molecule has 1 spiro atoms. The van der Waals surface area contributed by atoms with Crippen LogP contribution in [0.3, 0.4) is 0 Å². The van der Waals surface area contributed by atoms with Crippen LogP contribution in [-0.2, 0) is 9.47 Å². The SMILES string of the molecule is CSCC(O)C1CCC2(CC1)OCCO2. The van der Waals surface area contributed by atoms with Gasteiger partial charge >= 0.3 is 0 Å². The Bertz CT molecular complexity index is 194. The summed E-state index contributed by atoms with van der Waals surface area (Å²) in [5.41, 5.74) is 0. The maximum atomic E-state index is 9.90. The second-order valence-electron chi connectivity index (χ2n) is 4.47. The van der Waals surface area contributed by atoms with Gasteiger partial charge in [-0.05, 0) is 25.0 Å². The summed E-state index contributed by atoms with van der Waals surface area (Å²) in [4.78, 5) is 0. The van der Waals surface area contributed by atoms with E-state index in [9.17, 15) is 5.11 Å². The number of aliphatic hydroxyl groups excluding tert-OH is 1. The molecular formula is C11H20O3S. The monoisotopic (exact) mass is 232 g/mol. The molecular weight excluding hydrogens is 212 g/mol. The molecule has 2 aliphatic rings. The first-order valence-electron chi connectivity index (χ1n) is 5.71. The third-order valence-electron chi connectivity index (χ3n) is 3.49. The van der Waals surface area contributed by atoms with Gasteiger partial charge in [-0.25, -0.2) is 0 Å². The van der Waals surface area contributed by atoms with Gasteiger partial charge in [-0.2, -0.15) is 11.8 Å². The lowest BCUT2D eigenvalue weighted by atomic mass is 9.82. The van der Waals surface area contributed by atoms with Gasteiger partial charge in [0, 0.05) is 18.6 Å². The highest BCUT2D eigenvalue weighted by molar-refractivity contribution is 7.98. The number of hydrogen-bond acceptors (Lipinski definition) is 4. The van der Waals surface area contributed by atoms with Crippen LogP contribution in [0.25, 0.3) is 0 Å². The van der Waals surface area contributed by atoms with Crippen LogP contribution in [-0.4, -0.2) is 42.2 Å². The lowest BCUT2D eigenvalue weighted by molar-refractivity contribution is -0.186. The van der Waals surface area contributed by atoms with Crippen LogP contribution >= 0.6 is 11.8 Å². The Hall–Kier alpha value is 0.230. The molecule has 0 bridgehead atoms. The summed E-state index contributed by atoms with van der Waals surface area (Å²) in [5.74, 6) is 1.01. The molecule has 88 valence electrons. The lowest BCUT2D eigenvalue weighted by Gasteiger charge is -2.36. The molecule has 1 heterocycles. The van der Waals surface area contributed by atoms with Crippen molar-refractivity contribution in [1.29, 1.82) is 0 Å². The van der Waals surface area contributed by atoms with E-state index in [2.05, 4.69) is 0 Å². The van der Waals surface area contributed by atoms with Crippen LogP contribution < -0.4 is 0 Å². The third-order valence-corrected chi connectivity index (χ3v) is 4.16. The van der Waals surface area contributed by atoms with E-state index in [1.54, 1.807) is 11.8 Å². The zero-order chi connectivity index (χ0) is 10.7. The van der Waals surface area contributed by atoms with E-state index in [4.69, 9.17) is 9.47 Å². The molecule has 0 aromatic heterocycles. The van der Waals surface area contributed by atoms with Crippen LogP contribution in [0.4, 0.5) is 0 Å². The van der Waals surface area contributed by atoms with Crippen LogP contribution in [0.15, 0.2) is 0 Å². The van der Waals surface area contributed by atoms with Gasteiger partial charge in [0.1, 0.15) is 0 Å². The van der Waals surface area contributed by atoms with E-state index < -0.39 is 0 Å². The molecule has 0 aromatic rings. The Labute approximate surface area is 95.5 Å². The van der Waals surface area contributed by atoms with Crippen LogP contribution in [0, 0.1) is 5.92 Å². The molecule has 2 fully saturated rings.